The Morgan fingerprint density at radius 1 is 1.23 bits per heavy atom. The molecule has 0 unspecified atom stereocenters. The van der Waals surface area contributed by atoms with Gasteiger partial charge in [0.1, 0.15) is 5.56 Å². The number of nitrogens with zero attached hydrogens (tertiary/aromatic N) is 2. The van der Waals surface area contributed by atoms with E-state index in [1.807, 2.05) is 0 Å². The van der Waals surface area contributed by atoms with Crippen LogP contribution in [0.1, 0.15) is 17.3 Å². The maximum atomic E-state index is 12.3. The Morgan fingerprint density at radius 3 is 2.32 bits per heavy atom. The van der Waals surface area contributed by atoms with Gasteiger partial charge in [0.15, 0.2) is 5.78 Å². The van der Waals surface area contributed by atoms with E-state index in [1.165, 1.54) is 0 Å². The highest BCUT2D eigenvalue weighted by Crippen LogP contribution is 2.28. The smallest absolute Gasteiger partial charge is 0.353 e. The van der Waals surface area contributed by atoms with Gasteiger partial charge in [-0.1, -0.05) is 18.2 Å². The molecule has 0 radical (unpaired) electrons. The van der Waals surface area contributed by atoms with Crippen molar-refractivity contribution in [2.75, 3.05) is 0 Å². The van der Waals surface area contributed by atoms with Gasteiger partial charge in [-0.2, -0.15) is 21.6 Å². The largest absolute Gasteiger partial charge is 0.534 e. The molecule has 0 amide bonds. The Hall–Kier alpha value is -2.36. The van der Waals surface area contributed by atoms with E-state index in [4.69, 9.17) is 0 Å². The predicted molar refractivity (Wildman–Crippen MR) is 69.2 cm³/mol. The second-order valence-electron chi connectivity index (χ2n) is 4.17. The van der Waals surface area contributed by atoms with Crippen molar-refractivity contribution in [1.29, 1.82) is 0 Å². The Kier molecular flexibility index (Phi) is 3.96. The van der Waals surface area contributed by atoms with Crippen LogP contribution in [0.2, 0.25) is 0 Å². The maximum Gasteiger partial charge on any atom is 0.534 e. The van der Waals surface area contributed by atoms with E-state index in [0.717, 1.165) is 17.8 Å². The second-order valence-corrected chi connectivity index (χ2v) is 5.71. The summed E-state index contributed by atoms with van der Waals surface area (Å²) in [6, 6.07) is 8.11. The van der Waals surface area contributed by atoms with Crippen molar-refractivity contribution in [3.63, 3.8) is 0 Å². The van der Waals surface area contributed by atoms with E-state index < -0.39 is 27.3 Å². The molecule has 0 aliphatic heterocycles. The van der Waals surface area contributed by atoms with Gasteiger partial charge >= 0.3 is 15.6 Å². The average molecular weight is 334 g/mol. The van der Waals surface area contributed by atoms with Crippen LogP contribution in [-0.4, -0.2) is 29.5 Å². The molecule has 0 aliphatic carbocycles. The summed E-state index contributed by atoms with van der Waals surface area (Å²) in [5, 5.41) is 3.59. The first-order chi connectivity index (χ1) is 10.1. The third-order valence-electron chi connectivity index (χ3n) is 2.55. The fourth-order valence-corrected chi connectivity index (χ4v) is 1.95. The SMILES string of the molecule is CC(=O)c1cn(-c2ccccc2)nc1OS(=O)(=O)C(F)(F)F. The molecule has 0 spiro atoms. The first-order valence-corrected chi connectivity index (χ1v) is 7.19. The number of carbonyl (C=O) groups excluding carboxylic acids is 1. The number of Topliss-reactive ketones (excluding diaryl/α,β-unsaturated/α-hetero) is 1. The highest BCUT2D eigenvalue weighted by molar-refractivity contribution is 7.87. The van der Waals surface area contributed by atoms with Crippen LogP contribution in [0.5, 0.6) is 5.88 Å². The van der Waals surface area contributed by atoms with Crippen LogP contribution in [0, 0.1) is 0 Å². The fourth-order valence-electron chi connectivity index (χ4n) is 1.53. The van der Waals surface area contributed by atoms with Crippen molar-refractivity contribution in [3.8, 4) is 11.6 Å². The number of ketones is 1. The third kappa shape index (κ3) is 3.11. The topological polar surface area (TPSA) is 78.3 Å². The van der Waals surface area contributed by atoms with E-state index in [0.29, 0.717) is 5.69 Å². The van der Waals surface area contributed by atoms with Gasteiger partial charge in [-0.05, 0) is 19.1 Å². The molecule has 2 rings (SSSR count). The lowest BCUT2D eigenvalue weighted by Gasteiger charge is -2.07. The third-order valence-corrected chi connectivity index (χ3v) is 3.50. The molecule has 0 bridgehead atoms. The molecule has 0 fully saturated rings. The minimum Gasteiger partial charge on any atom is -0.353 e. The first kappa shape index (κ1) is 16.0. The summed E-state index contributed by atoms with van der Waals surface area (Å²) < 4.78 is 64.1. The van der Waals surface area contributed by atoms with E-state index in [9.17, 15) is 26.4 Å². The Labute approximate surface area is 123 Å². The minimum atomic E-state index is -5.90. The molecule has 22 heavy (non-hydrogen) atoms. The number of alkyl halides is 3. The van der Waals surface area contributed by atoms with Gasteiger partial charge in [-0.15, -0.1) is 5.10 Å². The molecule has 1 aromatic heterocycles. The molecule has 10 heteroatoms. The quantitative estimate of drug-likeness (QED) is 0.487. The van der Waals surface area contributed by atoms with Crippen molar-refractivity contribution in [3.05, 3.63) is 42.1 Å². The molecule has 6 nitrogen and oxygen atoms in total. The van der Waals surface area contributed by atoms with Crippen molar-refractivity contribution in [2.45, 2.75) is 12.4 Å². The standard InChI is InChI=1S/C12H9F3N2O4S/c1-8(18)10-7-17(9-5-3-2-4-6-9)16-11(10)21-22(19,20)12(13,14)15/h2-7H,1H3. The van der Waals surface area contributed by atoms with Gasteiger partial charge in [0.25, 0.3) is 5.88 Å². The van der Waals surface area contributed by atoms with Gasteiger partial charge in [0, 0.05) is 6.20 Å². The fraction of sp³-hybridized carbons (Fsp3) is 0.167. The molecular weight excluding hydrogens is 325 g/mol. The van der Waals surface area contributed by atoms with Gasteiger partial charge in [-0.3, -0.25) is 4.79 Å². The van der Waals surface area contributed by atoms with Crippen molar-refractivity contribution < 1.29 is 30.6 Å². The van der Waals surface area contributed by atoms with Gasteiger partial charge < -0.3 is 4.18 Å². The van der Waals surface area contributed by atoms with E-state index >= 15 is 0 Å². The molecule has 0 saturated carbocycles. The van der Waals surface area contributed by atoms with Crippen LogP contribution in [0.3, 0.4) is 0 Å². The van der Waals surface area contributed by atoms with Crippen molar-refractivity contribution in [2.24, 2.45) is 0 Å². The molecular formula is C12H9F3N2O4S. The summed E-state index contributed by atoms with van der Waals surface area (Å²) in [4.78, 5) is 11.4. The summed E-state index contributed by atoms with van der Waals surface area (Å²) >= 11 is 0. The highest BCUT2D eigenvalue weighted by Gasteiger charge is 2.49. The van der Waals surface area contributed by atoms with E-state index in [2.05, 4.69) is 9.28 Å². The summed E-state index contributed by atoms with van der Waals surface area (Å²) in [7, 11) is -5.90. The molecule has 0 atom stereocenters. The Morgan fingerprint density at radius 2 is 1.82 bits per heavy atom. The number of carbonyl (C=O) groups is 1. The minimum absolute atomic E-state index is 0.378. The lowest BCUT2D eigenvalue weighted by molar-refractivity contribution is -0.0501. The lowest BCUT2D eigenvalue weighted by atomic mass is 10.2. The van der Waals surface area contributed by atoms with Crippen molar-refractivity contribution in [1.82, 2.24) is 9.78 Å². The van der Waals surface area contributed by atoms with E-state index in [1.54, 1.807) is 30.3 Å². The van der Waals surface area contributed by atoms with Crippen LogP contribution < -0.4 is 4.18 Å². The maximum absolute atomic E-state index is 12.3. The summed E-state index contributed by atoms with van der Waals surface area (Å²) in [5.41, 5.74) is -5.57. The Bertz CT molecular complexity index is 798. The molecule has 2 aromatic rings. The van der Waals surface area contributed by atoms with Gasteiger partial charge in [0.05, 0.1) is 5.69 Å². The average Bonchev–Trinajstić information content (AvgIpc) is 2.82. The van der Waals surface area contributed by atoms with Crippen LogP contribution in [0.15, 0.2) is 36.5 Å². The second kappa shape index (κ2) is 5.44. The molecule has 0 N–H and O–H groups in total. The molecule has 1 heterocycles. The summed E-state index contributed by atoms with van der Waals surface area (Å²) in [6.07, 6.45) is 1.10. The van der Waals surface area contributed by atoms with Crippen LogP contribution >= 0.6 is 0 Å². The predicted octanol–water partition coefficient (Wildman–Crippen LogP) is 2.30. The number of hydrogen-bond acceptors (Lipinski definition) is 5. The number of para-hydroxylation sites is 1. The summed E-state index contributed by atoms with van der Waals surface area (Å²) in [6.45, 7) is 1.05. The van der Waals surface area contributed by atoms with Gasteiger partial charge in [-0.25, -0.2) is 4.68 Å². The number of halogens is 3. The lowest BCUT2D eigenvalue weighted by Crippen LogP contribution is -2.28. The van der Waals surface area contributed by atoms with Crippen LogP contribution in [-0.2, 0) is 10.1 Å². The zero-order chi connectivity index (χ0) is 16.5. The number of aromatic nitrogens is 2. The zero-order valence-corrected chi connectivity index (χ0v) is 11.9. The molecule has 0 saturated heterocycles. The van der Waals surface area contributed by atoms with E-state index in [-0.39, 0.29) is 5.56 Å². The monoisotopic (exact) mass is 334 g/mol. The Balaban J connectivity index is 2.48. The van der Waals surface area contributed by atoms with Crippen LogP contribution in [0.4, 0.5) is 13.2 Å². The highest BCUT2D eigenvalue weighted by atomic mass is 32.2. The van der Waals surface area contributed by atoms with Crippen molar-refractivity contribution >= 4 is 15.9 Å². The molecule has 0 aliphatic rings. The summed E-state index contributed by atoms with van der Waals surface area (Å²) in [5.74, 6) is -1.61. The number of rotatable bonds is 4. The zero-order valence-electron chi connectivity index (χ0n) is 11.0. The van der Waals surface area contributed by atoms with Gasteiger partial charge in [0.2, 0.25) is 0 Å². The number of hydrogen-bond donors (Lipinski definition) is 0. The first-order valence-electron chi connectivity index (χ1n) is 5.78. The molecule has 118 valence electrons. The molecule has 1 aromatic carbocycles. The number of benzene rings is 1. The van der Waals surface area contributed by atoms with Crippen LogP contribution in [0.25, 0.3) is 5.69 Å². The normalized spacial score (nSPS) is 12.2.